The van der Waals surface area contributed by atoms with Gasteiger partial charge >= 0.3 is 0 Å². The first-order valence-electron chi connectivity index (χ1n) is 7.17. The van der Waals surface area contributed by atoms with E-state index in [1.807, 2.05) is 18.2 Å². The smallest absolute Gasteiger partial charge is 0.0427 e. The van der Waals surface area contributed by atoms with Gasteiger partial charge in [0.15, 0.2) is 0 Å². The standard InChI is InChI=1S/C15H24ClN3/c1-3-18(4-2)14-7-8-19(11-14)15-9-13(16)6-5-12(15)10-17/h5-6,9,14H,3-4,7-8,10-11,17H2,1-2H3. The Labute approximate surface area is 121 Å². The summed E-state index contributed by atoms with van der Waals surface area (Å²) in [5, 5.41) is 0.790. The van der Waals surface area contributed by atoms with Gasteiger partial charge in [0.2, 0.25) is 0 Å². The molecule has 1 aliphatic heterocycles. The van der Waals surface area contributed by atoms with Crippen LogP contribution in [-0.4, -0.2) is 37.1 Å². The maximum atomic E-state index is 6.13. The zero-order chi connectivity index (χ0) is 13.8. The first-order valence-corrected chi connectivity index (χ1v) is 7.54. The van der Waals surface area contributed by atoms with E-state index >= 15 is 0 Å². The molecule has 0 aliphatic carbocycles. The fourth-order valence-corrected chi connectivity index (χ4v) is 3.17. The van der Waals surface area contributed by atoms with Crippen LogP contribution in [0.5, 0.6) is 0 Å². The first-order chi connectivity index (χ1) is 9.19. The van der Waals surface area contributed by atoms with Crippen LogP contribution in [0.25, 0.3) is 0 Å². The number of anilines is 1. The second kappa shape index (κ2) is 6.60. The molecule has 0 bridgehead atoms. The number of hydrogen-bond donors (Lipinski definition) is 1. The van der Waals surface area contributed by atoms with Crippen LogP contribution in [0.15, 0.2) is 18.2 Å². The third-order valence-electron chi connectivity index (χ3n) is 4.10. The van der Waals surface area contributed by atoms with Gasteiger partial charge in [-0.1, -0.05) is 31.5 Å². The van der Waals surface area contributed by atoms with Gasteiger partial charge in [-0.3, -0.25) is 4.90 Å². The predicted octanol–water partition coefficient (Wildman–Crippen LogP) is 2.72. The van der Waals surface area contributed by atoms with Gasteiger partial charge in [0.25, 0.3) is 0 Å². The second-order valence-electron chi connectivity index (χ2n) is 5.09. The van der Waals surface area contributed by atoms with Crippen LogP contribution < -0.4 is 10.6 Å². The van der Waals surface area contributed by atoms with Crippen molar-refractivity contribution in [3.8, 4) is 0 Å². The average Bonchev–Trinajstić information content (AvgIpc) is 2.89. The molecule has 0 radical (unpaired) electrons. The molecule has 4 heteroatoms. The number of likely N-dealkylation sites (N-methyl/N-ethyl adjacent to an activating group) is 1. The van der Waals surface area contributed by atoms with Gasteiger partial charge in [0.1, 0.15) is 0 Å². The summed E-state index contributed by atoms with van der Waals surface area (Å²) in [6, 6.07) is 6.67. The number of nitrogens with two attached hydrogens (primary N) is 1. The molecule has 1 aromatic carbocycles. The van der Waals surface area contributed by atoms with E-state index < -0.39 is 0 Å². The van der Waals surface area contributed by atoms with Gasteiger partial charge < -0.3 is 10.6 Å². The Morgan fingerprint density at radius 3 is 2.74 bits per heavy atom. The lowest BCUT2D eigenvalue weighted by atomic mass is 10.1. The molecule has 1 fully saturated rings. The largest absolute Gasteiger partial charge is 0.370 e. The lowest BCUT2D eigenvalue weighted by molar-refractivity contribution is 0.232. The van der Waals surface area contributed by atoms with Gasteiger partial charge in [-0.2, -0.15) is 0 Å². The molecule has 1 atom stereocenters. The van der Waals surface area contributed by atoms with Crippen LogP contribution in [-0.2, 0) is 6.54 Å². The lowest BCUT2D eigenvalue weighted by Crippen LogP contribution is -2.37. The van der Waals surface area contributed by atoms with Crippen LogP contribution in [0.2, 0.25) is 5.02 Å². The van der Waals surface area contributed by atoms with Crippen molar-refractivity contribution in [2.75, 3.05) is 31.1 Å². The molecule has 1 aliphatic rings. The summed E-state index contributed by atoms with van der Waals surface area (Å²) in [5.41, 5.74) is 8.23. The Bertz CT molecular complexity index is 418. The van der Waals surface area contributed by atoms with Gasteiger partial charge in [-0.25, -0.2) is 0 Å². The van der Waals surface area contributed by atoms with Gasteiger partial charge in [0.05, 0.1) is 0 Å². The van der Waals surface area contributed by atoms with Crippen molar-refractivity contribution in [3.05, 3.63) is 28.8 Å². The maximum absolute atomic E-state index is 6.13. The maximum Gasteiger partial charge on any atom is 0.0427 e. The van der Waals surface area contributed by atoms with Crippen molar-refractivity contribution < 1.29 is 0 Å². The molecular formula is C15H24ClN3. The molecule has 19 heavy (non-hydrogen) atoms. The van der Waals surface area contributed by atoms with Gasteiger partial charge in [0, 0.05) is 36.4 Å². The van der Waals surface area contributed by atoms with Crippen LogP contribution in [0.4, 0.5) is 5.69 Å². The van der Waals surface area contributed by atoms with Crippen molar-refractivity contribution >= 4 is 17.3 Å². The average molecular weight is 282 g/mol. The molecule has 0 spiro atoms. The van der Waals surface area contributed by atoms with Crippen LogP contribution in [0.3, 0.4) is 0 Å². The van der Waals surface area contributed by atoms with E-state index in [1.54, 1.807) is 0 Å². The number of nitrogens with zero attached hydrogens (tertiary/aromatic N) is 2. The zero-order valence-corrected chi connectivity index (χ0v) is 12.7. The zero-order valence-electron chi connectivity index (χ0n) is 11.9. The Balaban J connectivity index is 2.14. The third kappa shape index (κ3) is 3.22. The Morgan fingerprint density at radius 1 is 1.37 bits per heavy atom. The lowest BCUT2D eigenvalue weighted by Gasteiger charge is -2.27. The molecule has 106 valence electrons. The minimum absolute atomic E-state index is 0.568. The van der Waals surface area contributed by atoms with E-state index in [2.05, 4.69) is 23.6 Å². The topological polar surface area (TPSA) is 32.5 Å². The SMILES string of the molecule is CCN(CC)C1CCN(c2cc(Cl)ccc2CN)C1. The fourth-order valence-electron chi connectivity index (χ4n) is 3.00. The summed E-state index contributed by atoms with van der Waals surface area (Å²) in [7, 11) is 0. The van der Waals surface area contributed by atoms with Gasteiger partial charge in [-0.15, -0.1) is 0 Å². The molecule has 1 aromatic rings. The Hall–Kier alpha value is -0.770. The highest BCUT2D eigenvalue weighted by Gasteiger charge is 2.27. The summed E-state index contributed by atoms with van der Waals surface area (Å²) >= 11 is 6.13. The van der Waals surface area contributed by atoms with E-state index in [-0.39, 0.29) is 0 Å². The molecule has 0 aromatic heterocycles. The van der Waals surface area contributed by atoms with E-state index in [9.17, 15) is 0 Å². The summed E-state index contributed by atoms with van der Waals surface area (Å²) in [6.45, 7) is 9.44. The molecular weight excluding hydrogens is 258 g/mol. The van der Waals surface area contributed by atoms with Crippen LogP contribution in [0, 0.1) is 0 Å². The van der Waals surface area contributed by atoms with Crippen molar-refractivity contribution in [3.63, 3.8) is 0 Å². The van der Waals surface area contributed by atoms with Crippen LogP contribution >= 0.6 is 11.6 Å². The first kappa shape index (κ1) is 14.6. The molecule has 0 amide bonds. The van der Waals surface area contributed by atoms with Crippen molar-refractivity contribution in [1.29, 1.82) is 0 Å². The summed E-state index contributed by atoms with van der Waals surface area (Å²) in [6.07, 6.45) is 1.22. The molecule has 1 heterocycles. The van der Waals surface area contributed by atoms with Crippen LogP contribution in [0.1, 0.15) is 25.8 Å². The fraction of sp³-hybridized carbons (Fsp3) is 0.600. The summed E-state index contributed by atoms with van der Waals surface area (Å²) in [5.74, 6) is 0. The molecule has 2 N–H and O–H groups in total. The summed E-state index contributed by atoms with van der Waals surface area (Å²) in [4.78, 5) is 4.96. The highest BCUT2D eigenvalue weighted by atomic mass is 35.5. The number of halogens is 1. The summed E-state index contributed by atoms with van der Waals surface area (Å²) < 4.78 is 0. The number of rotatable bonds is 5. The Kier molecular flexibility index (Phi) is 5.08. The highest BCUT2D eigenvalue weighted by Crippen LogP contribution is 2.29. The second-order valence-corrected chi connectivity index (χ2v) is 5.52. The van der Waals surface area contributed by atoms with E-state index in [0.29, 0.717) is 12.6 Å². The van der Waals surface area contributed by atoms with E-state index in [0.717, 1.165) is 31.2 Å². The quantitative estimate of drug-likeness (QED) is 0.901. The molecule has 1 saturated heterocycles. The molecule has 0 saturated carbocycles. The van der Waals surface area contributed by atoms with Crippen molar-refractivity contribution in [2.45, 2.75) is 32.9 Å². The monoisotopic (exact) mass is 281 g/mol. The van der Waals surface area contributed by atoms with Crippen molar-refractivity contribution in [2.24, 2.45) is 5.73 Å². The minimum atomic E-state index is 0.568. The number of benzene rings is 1. The van der Waals surface area contributed by atoms with E-state index in [4.69, 9.17) is 17.3 Å². The van der Waals surface area contributed by atoms with Crippen molar-refractivity contribution in [1.82, 2.24) is 4.90 Å². The number of hydrogen-bond acceptors (Lipinski definition) is 3. The van der Waals surface area contributed by atoms with E-state index in [1.165, 1.54) is 17.7 Å². The molecule has 2 rings (SSSR count). The Morgan fingerprint density at radius 2 is 2.11 bits per heavy atom. The van der Waals surface area contributed by atoms with Gasteiger partial charge in [-0.05, 0) is 37.2 Å². The highest BCUT2D eigenvalue weighted by molar-refractivity contribution is 6.30. The predicted molar refractivity (Wildman–Crippen MR) is 82.9 cm³/mol. The normalized spacial score (nSPS) is 19.4. The minimum Gasteiger partial charge on any atom is -0.370 e. The molecule has 1 unspecified atom stereocenters. The molecule has 3 nitrogen and oxygen atoms in total. The third-order valence-corrected chi connectivity index (χ3v) is 4.34.